The third kappa shape index (κ3) is 3.90. The van der Waals surface area contributed by atoms with Gasteiger partial charge in [-0.1, -0.05) is 25.5 Å². The van der Waals surface area contributed by atoms with Crippen LogP contribution in [0.3, 0.4) is 0 Å². The van der Waals surface area contributed by atoms with Crippen LogP contribution in [0.1, 0.15) is 36.5 Å². The minimum absolute atomic E-state index is 0.309. The Hall–Kier alpha value is -2.75. The maximum absolute atomic E-state index is 12.0. The summed E-state index contributed by atoms with van der Waals surface area (Å²) < 4.78 is 16.7. The van der Waals surface area contributed by atoms with E-state index in [4.69, 9.17) is 13.9 Å². The molecule has 0 aliphatic heterocycles. The lowest BCUT2D eigenvalue weighted by molar-refractivity contribution is 0.303. The normalized spacial score (nSPS) is 10.9. The number of hydrogen-bond donors (Lipinski definition) is 0. The first-order valence-electron chi connectivity index (χ1n) is 8.94. The molecule has 0 bridgehead atoms. The van der Waals surface area contributed by atoms with Crippen molar-refractivity contribution in [2.24, 2.45) is 0 Å². The van der Waals surface area contributed by atoms with Crippen molar-refractivity contribution in [1.29, 1.82) is 0 Å². The fourth-order valence-electron chi connectivity index (χ4n) is 3.06. The molecule has 136 valence electrons. The van der Waals surface area contributed by atoms with E-state index in [2.05, 4.69) is 6.92 Å². The number of rotatable bonds is 7. The molecule has 0 radical (unpaired) electrons. The number of fused-ring (bicyclic) bond motifs is 1. The van der Waals surface area contributed by atoms with Gasteiger partial charge in [-0.25, -0.2) is 4.79 Å². The maximum atomic E-state index is 12.0. The molecule has 4 nitrogen and oxygen atoms in total. The molecule has 0 unspecified atom stereocenters. The third-order valence-corrected chi connectivity index (χ3v) is 4.53. The summed E-state index contributed by atoms with van der Waals surface area (Å²) in [4.78, 5) is 12.0. The van der Waals surface area contributed by atoms with Gasteiger partial charge in [0.2, 0.25) is 0 Å². The summed E-state index contributed by atoms with van der Waals surface area (Å²) in [6.07, 6.45) is 3.01. The summed E-state index contributed by atoms with van der Waals surface area (Å²) in [6.45, 7) is 4.49. The van der Waals surface area contributed by atoms with Crippen LogP contribution in [0.2, 0.25) is 0 Å². The Morgan fingerprint density at radius 1 is 1.12 bits per heavy atom. The van der Waals surface area contributed by atoms with E-state index in [1.807, 2.05) is 43.3 Å². The lowest BCUT2D eigenvalue weighted by Crippen LogP contribution is -2.03. The minimum atomic E-state index is -0.309. The molecule has 0 amide bonds. The number of hydrogen-bond acceptors (Lipinski definition) is 4. The van der Waals surface area contributed by atoms with Crippen LogP contribution in [-0.4, -0.2) is 7.11 Å². The van der Waals surface area contributed by atoms with E-state index >= 15 is 0 Å². The number of unbranched alkanes of at least 4 members (excludes halogenated alkanes) is 1. The zero-order chi connectivity index (χ0) is 18.5. The van der Waals surface area contributed by atoms with Crippen LogP contribution in [0.25, 0.3) is 11.0 Å². The molecule has 0 spiro atoms. The van der Waals surface area contributed by atoms with E-state index in [-0.39, 0.29) is 5.63 Å². The molecule has 0 saturated heterocycles. The summed E-state index contributed by atoms with van der Waals surface area (Å²) in [7, 11) is 1.64. The van der Waals surface area contributed by atoms with Gasteiger partial charge in [0.15, 0.2) is 0 Å². The van der Waals surface area contributed by atoms with Crippen molar-refractivity contribution in [1.82, 2.24) is 0 Å². The lowest BCUT2D eigenvalue weighted by atomic mass is 10.0. The number of methoxy groups -OCH3 is 1. The van der Waals surface area contributed by atoms with Crippen molar-refractivity contribution in [3.8, 4) is 11.5 Å². The predicted molar refractivity (Wildman–Crippen MR) is 103 cm³/mol. The van der Waals surface area contributed by atoms with Gasteiger partial charge in [-0.05, 0) is 55.2 Å². The van der Waals surface area contributed by atoms with Crippen LogP contribution in [0.4, 0.5) is 0 Å². The van der Waals surface area contributed by atoms with Crippen LogP contribution in [0.5, 0.6) is 11.5 Å². The molecule has 2 aromatic carbocycles. The first kappa shape index (κ1) is 18.1. The molecule has 0 aliphatic carbocycles. The van der Waals surface area contributed by atoms with Crippen molar-refractivity contribution >= 4 is 11.0 Å². The quantitative estimate of drug-likeness (QED) is 0.560. The highest BCUT2D eigenvalue weighted by Crippen LogP contribution is 2.29. The summed E-state index contributed by atoms with van der Waals surface area (Å²) >= 11 is 0. The molecule has 0 atom stereocenters. The van der Waals surface area contributed by atoms with Gasteiger partial charge in [-0.3, -0.25) is 0 Å². The molecule has 4 heteroatoms. The van der Waals surface area contributed by atoms with E-state index in [1.165, 1.54) is 0 Å². The van der Waals surface area contributed by atoms with Crippen LogP contribution >= 0.6 is 0 Å². The van der Waals surface area contributed by atoms with Gasteiger partial charge in [0.1, 0.15) is 23.7 Å². The first-order valence-corrected chi connectivity index (χ1v) is 8.94. The Labute approximate surface area is 153 Å². The summed E-state index contributed by atoms with van der Waals surface area (Å²) in [5.41, 5.74) is 3.21. The second-order valence-electron chi connectivity index (χ2n) is 6.40. The molecule has 0 saturated carbocycles. The molecular formula is C22H24O4. The van der Waals surface area contributed by atoms with Gasteiger partial charge < -0.3 is 13.9 Å². The van der Waals surface area contributed by atoms with E-state index in [0.29, 0.717) is 12.2 Å². The van der Waals surface area contributed by atoms with Crippen LogP contribution < -0.4 is 15.1 Å². The average Bonchev–Trinajstić information content (AvgIpc) is 2.66. The minimum Gasteiger partial charge on any atom is -0.497 e. The lowest BCUT2D eigenvalue weighted by Gasteiger charge is -2.13. The molecular weight excluding hydrogens is 328 g/mol. The number of benzene rings is 2. The SMILES string of the molecule is CCCCc1cc(=O)oc2c(C)c(OCc3cccc(OC)c3)ccc12. The topological polar surface area (TPSA) is 48.7 Å². The largest absolute Gasteiger partial charge is 0.497 e. The molecule has 0 fully saturated rings. The Bertz CT molecular complexity index is 956. The van der Waals surface area contributed by atoms with E-state index in [1.54, 1.807) is 13.2 Å². The monoisotopic (exact) mass is 352 g/mol. The molecule has 3 rings (SSSR count). The zero-order valence-corrected chi connectivity index (χ0v) is 15.5. The summed E-state index contributed by atoms with van der Waals surface area (Å²) in [6, 6.07) is 13.3. The molecule has 0 N–H and O–H groups in total. The van der Waals surface area contributed by atoms with Gasteiger partial charge in [-0.15, -0.1) is 0 Å². The maximum Gasteiger partial charge on any atom is 0.336 e. The molecule has 1 heterocycles. The highest BCUT2D eigenvalue weighted by Gasteiger charge is 2.12. The smallest absolute Gasteiger partial charge is 0.336 e. The van der Waals surface area contributed by atoms with E-state index in [0.717, 1.165) is 52.8 Å². The van der Waals surface area contributed by atoms with Gasteiger partial charge in [0, 0.05) is 17.0 Å². The first-order chi connectivity index (χ1) is 12.6. The van der Waals surface area contributed by atoms with Gasteiger partial charge in [0.05, 0.1) is 7.11 Å². The van der Waals surface area contributed by atoms with Crippen molar-refractivity contribution in [3.05, 3.63) is 69.6 Å². The molecule has 0 aliphatic rings. The standard InChI is InChI=1S/C22H24O4/c1-4-5-8-17-13-21(23)26-22-15(2)20(11-10-19(17)22)25-14-16-7-6-9-18(12-16)24-3/h6-7,9-13H,4-5,8,14H2,1-3H3. The van der Waals surface area contributed by atoms with E-state index in [9.17, 15) is 4.79 Å². The second-order valence-corrected chi connectivity index (χ2v) is 6.40. The van der Waals surface area contributed by atoms with Crippen molar-refractivity contribution in [3.63, 3.8) is 0 Å². The predicted octanol–water partition coefficient (Wildman–Crippen LogP) is 5.03. The Balaban J connectivity index is 1.90. The van der Waals surface area contributed by atoms with Gasteiger partial charge >= 0.3 is 5.63 Å². The van der Waals surface area contributed by atoms with Crippen molar-refractivity contribution in [2.45, 2.75) is 39.7 Å². The Morgan fingerprint density at radius 2 is 1.96 bits per heavy atom. The fourth-order valence-corrected chi connectivity index (χ4v) is 3.06. The second kappa shape index (κ2) is 8.09. The van der Waals surface area contributed by atoms with Gasteiger partial charge in [-0.2, -0.15) is 0 Å². The number of ether oxygens (including phenoxy) is 2. The highest BCUT2D eigenvalue weighted by atomic mass is 16.5. The number of aryl methyl sites for hydroxylation is 2. The van der Waals surface area contributed by atoms with Gasteiger partial charge in [0.25, 0.3) is 0 Å². The van der Waals surface area contributed by atoms with Crippen molar-refractivity contribution in [2.75, 3.05) is 7.11 Å². The van der Waals surface area contributed by atoms with Crippen LogP contribution in [0, 0.1) is 6.92 Å². The molecule has 3 aromatic rings. The average molecular weight is 352 g/mol. The van der Waals surface area contributed by atoms with Crippen LogP contribution in [0.15, 0.2) is 51.7 Å². The fraction of sp³-hybridized carbons (Fsp3) is 0.318. The third-order valence-electron chi connectivity index (χ3n) is 4.53. The summed E-state index contributed by atoms with van der Waals surface area (Å²) in [5, 5.41) is 0.990. The molecule has 26 heavy (non-hydrogen) atoms. The Kier molecular flexibility index (Phi) is 5.61. The van der Waals surface area contributed by atoms with Crippen molar-refractivity contribution < 1.29 is 13.9 Å². The zero-order valence-electron chi connectivity index (χ0n) is 15.5. The summed E-state index contributed by atoms with van der Waals surface area (Å²) in [5.74, 6) is 1.52. The van der Waals surface area contributed by atoms with Crippen LogP contribution in [-0.2, 0) is 13.0 Å². The van der Waals surface area contributed by atoms with E-state index < -0.39 is 0 Å². The Morgan fingerprint density at radius 3 is 2.73 bits per heavy atom. The molecule has 1 aromatic heterocycles. The highest BCUT2D eigenvalue weighted by molar-refractivity contribution is 5.85.